The van der Waals surface area contributed by atoms with E-state index in [2.05, 4.69) is 5.32 Å². The van der Waals surface area contributed by atoms with Crippen molar-refractivity contribution in [3.63, 3.8) is 0 Å². The summed E-state index contributed by atoms with van der Waals surface area (Å²) in [6.07, 6.45) is 2.21. The van der Waals surface area contributed by atoms with Crippen LogP contribution < -0.4 is 10.1 Å². The fraction of sp³-hybridized carbons (Fsp3) is 0.409. The summed E-state index contributed by atoms with van der Waals surface area (Å²) in [5.41, 5.74) is 1.00. The Morgan fingerprint density at radius 3 is 2.43 bits per heavy atom. The quantitative estimate of drug-likeness (QED) is 0.872. The van der Waals surface area contributed by atoms with Gasteiger partial charge in [-0.1, -0.05) is 30.3 Å². The molecule has 2 aromatic carbocycles. The summed E-state index contributed by atoms with van der Waals surface area (Å²) >= 11 is 0. The van der Waals surface area contributed by atoms with Crippen molar-refractivity contribution in [2.24, 2.45) is 5.41 Å². The minimum atomic E-state index is -0.995. The monoisotopic (exact) mass is 386 g/mol. The third-order valence-corrected chi connectivity index (χ3v) is 5.94. The van der Waals surface area contributed by atoms with Gasteiger partial charge in [0.2, 0.25) is 6.10 Å². The second kappa shape index (κ2) is 7.87. The summed E-state index contributed by atoms with van der Waals surface area (Å²) in [6, 6.07) is 12.5. The lowest BCUT2D eigenvalue weighted by Gasteiger charge is -2.40. The van der Waals surface area contributed by atoms with Crippen LogP contribution in [0.1, 0.15) is 30.9 Å². The van der Waals surface area contributed by atoms with Crippen LogP contribution in [0.4, 0.5) is 8.78 Å². The van der Waals surface area contributed by atoms with E-state index in [9.17, 15) is 13.6 Å². The highest BCUT2D eigenvalue weighted by atomic mass is 19.2. The van der Waals surface area contributed by atoms with Gasteiger partial charge in [-0.3, -0.25) is 4.79 Å². The van der Waals surface area contributed by atoms with E-state index in [1.807, 2.05) is 35.2 Å². The van der Waals surface area contributed by atoms with Crippen molar-refractivity contribution in [3.8, 4) is 5.75 Å². The number of carbonyl (C=O) groups is 1. The molecule has 2 aliphatic heterocycles. The number of hydrogen-bond acceptors (Lipinski definition) is 3. The highest BCUT2D eigenvalue weighted by Gasteiger charge is 2.39. The number of rotatable bonds is 4. The third kappa shape index (κ3) is 3.87. The number of carbonyl (C=O) groups excluding carboxylic acids is 1. The molecule has 2 heterocycles. The lowest BCUT2D eigenvalue weighted by atomic mass is 9.77. The number of nitrogens with zero attached hydrogens (tertiary/aromatic N) is 1. The van der Waals surface area contributed by atoms with Crippen LogP contribution in [0.2, 0.25) is 0 Å². The zero-order chi connectivity index (χ0) is 19.6. The van der Waals surface area contributed by atoms with Crippen LogP contribution in [-0.2, 0) is 4.79 Å². The SMILES string of the molecule is O=C(C(Oc1ccc(F)c(F)c1)c1ccccc1)N1CCC2(CCNC2)CC1. The number of nitrogens with one attached hydrogen (secondary N) is 1. The van der Waals surface area contributed by atoms with Crippen molar-refractivity contribution in [3.05, 3.63) is 65.7 Å². The van der Waals surface area contributed by atoms with Crippen molar-refractivity contribution in [2.75, 3.05) is 26.2 Å². The molecule has 4 nitrogen and oxygen atoms in total. The first-order valence-corrected chi connectivity index (χ1v) is 9.73. The van der Waals surface area contributed by atoms with Gasteiger partial charge in [0.25, 0.3) is 5.91 Å². The minimum Gasteiger partial charge on any atom is -0.476 e. The van der Waals surface area contributed by atoms with Gasteiger partial charge in [-0.25, -0.2) is 8.78 Å². The molecule has 0 bridgehead atoms. The molecular formula is C22H24F2N2O2. The number of piperidine rings is 1. The molecule has 0 aliphatic carbocycles. The highest BCUT2D eigenvalue weighted by molar-refractivity contribution is 5.82. The summed E-state index contributed by atoms with van der Waals surface area (Å²) in [6.45, 7) is 3.43. The Morgan fingerprint density at radius 2 is 1.79 bits per heavy atom. The molecule has 1 unspecified atom stereocenters. The number of ether oxygens (including phenoxy) is 1. The standard InChI is InChI=1S/C22H24F2N2O2/c23-18-7-6-17(14-19(18)24)28-20(16-4-2-1-3-5-16)21(27)26-12-9-22(10-13-26)8-11-25-15-22/h1-7,14,20,25H,8-13,15H2. The molecule has 1 amide bonds. The summed E-state index contributed by atoms with van der Waals surface area (Å²) < 4.78 is 32.7. The Hall–Kier alpha value is -2.47. The van der Waals surface area contributed by atoms with Crippen LogP contribution in [0.5, 0.6) is 5.75 Å². The van der Waals surface area contributed by atoms with Gasteiger partial charge in [-0.15, -0.1) is 0 Å². The molecule has 2 fully saturated rings. The van der Waals surface area contributed by atoms with Crippen molar-refractivity contribution < 1.29 is 18.3 Å². The molecule has 1 spiro atoms. The number of hydrogen-bond donors (Lipinski definition) is 1. The van der Waals surface area contributed by atoms with E-state index in [0.29, 0.717) is 24.1 Å². The molecule has 4 rings (SSSR count). The fourth-order valence-electron chi connectivity index (χ4n) is 4.16. The number of amides is 1. The van der Waals surface area contributed by atoms with Crippen LogP contribution in [0.15, 0.2) is 48.5 Å². The van der Waals surface area contributed by atoms with Gasteiger partial charge in [0, 0.05) is 31.3 Å². The molecule has 1 atom stereocenters. The average molecular weight is 386 g/mol. The van der Waals surface area contributed by atoms with E-state index in [1.165, 1.54) is 6.07 Å². The van der Waals surface area contributed by atoms with E-state index >= 15 is 0 Å². The summed E-state index contributed by atoms with van der Waals surface area (Å²) in [5, 5.41) is 3.42. The van der Waals surface area contributed by atoms with E-state index < -0.39 is 17.7 Å². The Kier molecular flexibility index (Phi) is 5.31. The first-order valence-electron chi connectivity index (χ1n) is 9.73. The summed E-state index contributed by atoms with van der Waals surface area (Å²) in [7, 11) is 0. The van der Waals surface area contributed by atoms with Gasteiger partial charge in [0.05, 0.1) is 0 Å². The molecule has 6 heteroatoms. The second-order valence-corrected chi connectivity index (χ2v) is 7.74. The number of halogens is 2. The maximum Gasteiger partial charge on any atom is 0.268 e. The predicted octanol–water partition coefficient (Wildman–Crippen LogP) is 3.69. The molecule has 2 aromatic rings. The highest BCUT2D eigenvalue weighted by Crippen LogP contribution is 2.38. The van der Waals surface area contributed by atoms with Crippen LogP contribution in [0, 0.1) is 17.0 Å². The zero-order valence-corrected chi connectivity index (χ0v) is 15.7. The topological polar surface area (TPSA) is 41.6 Å². The van der Waals surface area contributed by atoms with Crippen molar-refractivity contribution in [2.45, 2.75) is 25.4 Å². The molecule has 28 heavy (non-hydrogen) atoms. The lowest BCUT2D eigenvalue weighted by molar-refractivity contribution is -0.141. The number of likely N-dealkylation sites (tertiary alicyclic amines) is 1. The van der Waals surface area contributed by atoms with E-state index in [1.54, 1.807) is 0 Å². The minimum absolute atomic E-state index is 0.134. The van der Waals surface area contributed by atoms with E-state index in [4.69, 9.17) is 4.74 Å². The molecular weight excluding hydrogens is 362 g/mol. The van der Waals surface area contributed by atoms with Crippen LogP contribution in [0.25, 0.3) is 0 Å². The third-order valence-electron chi connectivity index (χ3n) is 5.94. The molecule has 0 radical (unpaired) electrons. The summed E-state index contributed by atoms with van der Waals surface area (Å²) in [4.78, 5) is 15.1. The van der Waals surface area contributed by atoms with Gasteiger partial charge in [-0.2, -0.15) is 0 Å². The van der Waals surface area contributed by atoms with Crippen LogP contribution >= 0.6 is 0 Å². The van der Waals surface area contributed by atoms with Crippen molar-refractivity contribution in [1.29, 1.82) is 0 Å². The van der Waals surface area contributed by atoms with Gasteiger partial charge in [0.1, 0.15) is 5.75 Å². The maximum absolute atomic E-state index is 13.6. The Balaban J connectivity index is 1.53. The number of benzene rings is 2. The predicted molar refractivity (Wildman–Crippen MR) is 102 cm³/mol. The largest absolute Gasteiger partial charge is 0.476 e. The van der Waals surface area contributed by atoms with Crippen molar-refractivity contribution >= 4 is 5.91 Å². The first-order chi connectivity index (χ1) is 13.6. The Bertz CT molecular complexity index is 828. The van der Waals surface area contributed by atoms with E-state index in [-0.39, 0.29) is 11.7 Å². The normalized spacial score (nSPS) is 19.6. The molecule has 0 saturated carbocycles. The van der Waals surface area contributed by atoms with Crippen LogP contribution in [0.3, 0.4) is 0 Å². The van der Waals surface area contributed by atoms with Gasteiger partial charge < -0.3 is 15.0 Å². The van der Waals surface area contributed by atoms with Gasteiger partial charge in [-0.05, 0) is 43.4 Å². The molecule has 1 N–H and O–H groups in total. The van der Waals surface area contributed by atoms with Gasteiger partial charge >= 0.3 is 0 Å². The molecule has 0 aromatic heterocycles. The van der Waals surface area contributed by atoms with Crippen molar-refractivity contribution in [1.82, 2.24) is 10.2 Å². The van der Waals surface area contributed by atoms with E-state index in [0.717, 1.165) is 44.5 Å². The smallest absolute Gasteiger partial charge is 0.268 e. The van der Waals surface area contributed by atoms with Crippen LogP contribution in [-0.4, -0.2) is 37.0 Å². The Morgan fingerprint density at radius 1 is 1.04 bits per heavy atom. The molecule has 2 saturated heterocycles. The zero-order valence-electron chi connectivity index (χ0n) is 15.7. The molecule has 148 valence electrons. The fourth-order valence-corrected chi connectivity index (χ4v) is 4.16. The van der Waals surface area contributed by atoms with Gasteiger partial charge in [0.15, 0.2) is 11.6 Å². The molecule has 2 aliphatic rings. The first kappa shape index (κ1) is 18.9. The lowest BCUT2D eigenvalue weighted by Crippen LogP contribution is -2.46. The second-order valence-electron chi connectivity index (χ2n) is 7.74. The maximum atomic E-state index is 13.6. The Labute approximate surface area is 163 Å². The average Bonchev–Trinajstić information content (AvgIpc) is 3.17. The summed E-state index contributed by atoms with van der Waals surface area (Å²) in [5.74, 6) is -1.95.